The number of aliphatic imine (C=N–C) groups is 1. The van der Waals surface area contributed by atoms with Crippen LogP contribution in [-0.4, -0.2) is 59.4 Å². The standard InChI is InChI=1S/C28H28Cl2N6O6/c29-19-10-16(15-4-2-1-3-5-15)11-20(30)24(19)25(38)36-28(41,26(39)40)14-34-23(37)13-33-21-8-9-42-22-7-6-17(12-18(21)22)35-27(31)32/h1-7,10-12,21,33,41H,8-9,13-14H2,(H,34,37)(H,36,38)(H,39,40)(H4,31,32,35)/t21-,28?/m1/s1. The minimum absolute atomic E-state index is 0.0560. The molecule has 1 unspecified atom stereocenters. The molecular formula is C28H28Cl2N6O6. The second-order valence-electron chi connectivity index (χ2n) is 9.41. The number of hydrogen-bond acceptors (Lipinski definition) is 7. The zero-order valence-corrected chi connectivity index (χ0v) is 23.6. The maximum Gasteiger partial charge on any atom is 0.359 e. The van der Waals surface area contributed by atoms with Gasteiger partial charge in [0.25, 0.3) is 11.6 Å². The highest BCUT2D eigenvalue weighted by Crippen LogP contribution is 2.35. The van der Waals surface area contributed by atoms with Crippen LogP contribution in [0.1, 0.15) is 28.4 Å². The second kappa shape index (κ2) is 13.1. The summed E-state index contributed by atoms with van der Waals surface area (Å²) < 4.78 is 5.65. The summed E-state index contributed by atoms with van der Waals surface area (Å²) in [4.78, 5) is 41.5. The largest absolute Gasteiger partial charge is 0.493 e. The SMILES string of the molecule is NC(N)=Nc1ccc2c(c1)[C@H](NCC(=O)NCC(O)(NC(=O)c1c(Cl)cc(-c3ccccc3)cc1Cl)C(=O)O)CCO2. The van der Waals surface area contributed by atoms with E-state index in [1.165, 1.54) is 12.1 Å². The van der Waals surface area contributed by atoms with E-state index in [2.05, 4.69) is 15.6 Å². The lowest BCUT2D eigenvalue weighted by molar-refractivity contribution is -0.160. The Morgan fingerprint density at radius 2 is 1.71 bits per heavy atom. The first kappa shape index (κ1) is 30.6. The molecule has 9 N–H and O–H groups in total. The van der Waals surface area contributed by atoms with Crippen molar-refractivity contribution < 1.29 is 29.3 Å². The third-order valence-corrected chi connectivity index (χ3v) is 6.99. The van der Waals surface area contributed by atoms with Crippen LogP contribution in [0.15, 0.2) is 65.7 Å². The summed E-state index contributed by atoms with van der Waals surface area (Å²) >= 11 is 12.6. The molecule has 3 aromatic rings. The lowest BCUT2D eigenvalue weighted by Gasteiger charge is -2.28. The number of nitrogens with two attached hydrogens (primary N) is 2. The van der Waals surface area contributed by atoms with Crippen LogP contribution < -0.4 is 32.2 Å². The van der Waals surface area contributed by atoms with Crippen molar-refractivity contribution in [3.05, 3.63) is 81.8 Å². The Balaban J connectivity index is 1.39. The van der Waals surface area contributed by atoms with Crippen molar-refractivity contribution in [3.8, 4) is 16.9 Å². The molecule has 0 aromatic heterocycles. The van der Waals surface area contributed by atoms with Gasteiger partial charge in [-0.3, -0.25) is 9.59 Å². The third kappa shape index (κ3) is 7.28. The molecule has 0 fully saturated rings. The molecule has 12 nitrogen and oxygen atoms in total. The first-order valence-corrected chi connectivity index (χ1v) is 13.4. The molecular weight excluding hydrogens is 587 g/mol. The molecule has 0 bridgehead atoms. The van der Waals surface area contributed by atoms with Crippen molar-refractivity contribution in [3.63, 3.8) is 0 Å². The molecule has 2 amide bonds. The normalized spacial score (nSPS) is 15.4. The van der Waals surface area contributed by atoms with Gasteiger partial charge in [-0.05, 0) is 41.5 Å². The van der Waals surface area contributed by atoms with Gasteiger partial charge >= 0.3 is 5.97 Å². The van der Waals surface area contributed by atoms with Crippen molar-refractivity contribution >= 4 is 52.6 Å². The summed E-state index contributed by atoms with van der Waals surface area (Å²) in [7, 11) is 0. The Morgan fingerprint density at radius 3 is 2.36 bits per heavy atom. The van der Waals surface area contributed by atoms with Gasteiger partial charge in [-0.25, -0.2) is 9.79 Å². The lowest BCUT2D eigenvalue weighted by atomic mass is 10.00. The number of rotatable bonds is 10. The average Bonchev–Trinajstić information content (AvgIpc) is 2.94. The van der Waals surface area contributed by atoms with Crippen LogP contribution in [0.5, 0.6) is 5.75 Å². The third-order valence-electron chi connectivity index (χ3n) is 6.39. The fourth-order valence-corrected chi connectivity index (χ4v) is 4.99. The van der Waals surface area contributed by atoms with Gasteiger partial charge in [0.15, 0.2) is 5.96 Å². The van der Waals surface area contributed by atoms with Gasteiger partial charge in [0.05, 0.1) is 41.0 Å². The summed E-state index contributed by atoms with van der Waals surface area (Å²) in [6.45, 7) is -0.681. The number of nitrogens with zero attached hydrogens (tertiary/aromatic N) is 1. The molecule has 0 saturated heterocycles. The zero-order chi connectivity index (χ0) is 30.4. The Hall–Kier alpha value is -4.36. The van der Waals surface area contributed by atoms with Crippen molar-refractivity contribution in [1.29, 1.82) is 0 Å². The molecule has 2 atom stereocenters. The molecule has 0 radical (unpaired) electrons. The summed E-state index contributed by atoms with van der Waals surface area (Å²) in [5.74, 6) is -2.99. The van der Waals surface area contributed by atoms with Crippen LogP contribution in [0.3, 0.4) is 0 Å². The van der Waals surface area contributed by atoms with Gasteiger partial charge in [0.2, 0.25) is 5.91 Å². The van der Waals surface area contributed by atoms with Gasteiger partial charge in [-0.2, -0.15) is 0 Å². The Bertz CT molecular complexity index is 1510. The van der Waals surface area contributed by atoms with Crippen LogP contribution >= 0.6 is 23.2 Å². The van der Waals surface area contributed by atoms with E-state index in [-0.39, 0.29) is 34.2 Å². The molecule has 42 heavy (non-hydrogen) atoms. The molecule has 0 saturated carbocycles. The fourth-order valence-electron chi connectivity index (χ4n) is 4.33. The lowest BCUT2D eigenvalue weighted by Crippen LogP contribution is -2.61. The van der Waals surface area contributed by atoms with Crippen LogP contribution in [0, 0.1) is 0 Å². The first-order chi connectivity index (χ1) is 20.0. The van der Waals surface area contributed by atoms with Gasteiger partial charge in [0, 0.05) is 18.0 Å². The van der Waals surface area contributed by atoms with Crippen molar-refractivity contribution in [2.45, 2.75) is 18.2 Å². The number of amides is 2. The van der Waals surface area contributed by atoms with Crippen LogP contribution in [0.4, 0.5) is 5.69 Å². The number of carbonyl (C=O) groups excluding carboxylic acids is 2. The smallest absolute Gasteiger partial charge is 0.359 e. The van der Waals surface area contributed by atoms with E-state index in [4.69, 9.17) is 39.4 Å². The van der Waals surface area contributed by atoms with E-state index in [1.807, 2.05) is 35.6 Å². The number of aliphatic hydroxyl groups is 1. The summed E-state index contributed by atoms with van der Waals surface area (Å²) in [6.07, 6.45) is 0.533. The number of ether oxygens (including phenoxy) is 1. The quantitative estimate of drug-likeness (QED) is 0.102. The summed E-state index contributed by atoms with van der Waals surface area (Å²) in [6, 6.07) is 17.0. The van der Waals surface area contributed by atoms with Gasteiger partial charge in [0.1, 0.15) is 5.75 Å². The Labute approximate surface area is 250 Å². The van der Waals surface area contributed by atoms with Gasteiger partial charge in [-0.1, -0.05) is 53.5 Å². The molecule has 3 aromatic carbocycles. The number of carboxylic acids is 1. The van der Waals surface area contributed by atoms with Gasteiger partial charge in [-0.15, -0.1) is 0 Å². The van der Waals surface area contributed by atoms with E-state index in [0.29, 0.717) is 30.0 Å². The van der Waals surface area contributed by atoms with E-state index in [9.17, 15) is 24.6 Å². The fraction of sp³-hybridized carbons (Fsp3) is 0.214. The topological polar surface area (TPSA) is 201 Å². The number of benzene rings is 3. The van der Waals surface area contributed by atoms with Crippen LogP contribution in [0.2, 0.25) is 10.0 Å². The number of nitrogens with one attached hydrogen (secondary N) is 3. The summed E-state index contributed by atoms with van der Waals surface area (Å²) in [5.41, 5.74) is 10.5. The number of fused-ring (bicyclic) bond motifs is 1. The number of hydrogen-bond donors (Lipinski definition) is 7. The minimum Gasteiger partial charge on any atom is -0.493 e. The summed E-state index contributed by atoms with van der Waals surface area (Å²) in [5, 5.41) is 27.7. The molecule has 1 aliphatic heterocycles. The van der Waals surface area contributed by atoms with Crippen molar-refractivity contribution in [2.75, 3.05) is 19.7 Å². The van der Waals surface area contributed by atoms with Crippen LogP contribution in [-0.2, 0) is 9.59 Å². The molecule has 14 heteroatoms. The monoisotopic (exact) mass is 614 g/mol. The number of aliphatic carboxylic acids is 1. The van der Waals surface area contributed by atoms with Crippen molar-refractivity contribution in [1.82, 2.24) is 16.0 Å². The van der Waals surface area contributed by atoms with E-state index >= 15 is 0 Å². The second-order valence-corrected chi connectivity index (χ2v) is 10.2. The minimum atomic E-state index is -2.86. The first-order valence-electron chi connectivity index (χ1n) is 12.7. The predicted molar refractivity (Wildman–Crippen MR) is 158 cm³/mol. The van der Waals surface area contributed by atoms with Crippen LogP contribution in [0.25, 0.3) is 11.1 Å². The van der Waals surface area contributed by atoms with Gasteiger partial charge < -0.3 is 42.4 Å². The highest BCUT2D eigenvalue weighted by Gasteiger charge is 2.39. The van der Waals surface area contributed by atoms with E-state index < -0.39 is 30.1 Å². The van der Waals surface area contributed by atoms with E-state index in [1.54, 1.807) is 18.2 Å². The maximum absolute atomic E-state index is 13.0. The molecule has 220 valence electrons. The number of guanidine groups is 1. The number of carbonyl (C=O) groups is 3. The molecule has 0 spiro atoms. The predicted octanol–water partition coefficient (Wildman–Crippen LogP) is 2.30. The highest BCUT2D eigenvalue weighted by atomic mass is 35.5. The van der Waals surface area contributed by atoms with E-state index in [0.717, 1.165) is 11.1 Å². The molecule has 1 aliphatic rings. The molecule has 4 rings (SSSR count). The number of carboxylic acid groups (broad SMARTS) is 1. The average molecular weight is 615 g/mol. The molecule has 1 heterocycles. The zero-order valence-electron chi connectivity index (χ0n) is 22.1. The van der Waals surface area contributed by atoms with Crippen molar-refractivity contribution in [2.24, 2.45) is 16.5 Å². The Morgan fingerprint density at radius 1 is 1.02 bits per heavy atom. The Kier molecular flexibility index (Phi) is 9.53. The highest BCUT2D eigenvalue weighted by molar-refractivity contribution is 6.40. The number of halogens is 2. The maximum atomic E-state index is 13.0. The molecule has 0 aliphatic carbocycles.